The molecule has 0 aliphatic heterocycles. The molecule has 1 rings (SSSR count). The molecule has 6 heteroatoms. The molecular formula is C14H17NO5. The Morgan fingerprint density at radius 2 is 2.20 bits per heavy atom. The number of benzene rings is 1. The van der Waals surface area contributed by atoms with Gasteiger partial charge in [-0.2, -0.15) is 0 Å². The molecule has 6 nitrogen and oxygen atoms in total. The highest BCUT2D eigenvalue weighted by Crippen LogP contribution is 2.28. The number of carboxylic acid groups (broad SMARTS) is 1. The summed E-state index contributed by atoms with van der Waals surface area (Å²) in [5.74, 6) is -0.488. The topological polar surface area (TPSA) is 89.7 Å². The van der Waals surface area contributed by atoms with Gasteiger partial charge >= 0.3 is 11.7 Å². The van der Waals surface area contributed by atoms with Crippen LogP contribution in [0.15, 0.2) is 24.3 Å². The normalized spacial score (nSPS) is 10.9. The van der Waals surface area contributed by atoms with Gasteiger partial charge < -0.3 is 9.84 Å². The van der Waals surface area contributed by atoms with Crippen LogP contribution in [0.25, 0.3) is 6.08 Å². The van der Waals surface area contributed by atoms with Crippen molar-refractivity contribution >= 4 is 17.7 Å². The lowest BCUT2D eigenvalue weighted by Gasteiger charge is -2.09. The fourth-order valence-electron chi connectivity index (χ4n) is 1.47. The molecule has 0 spiro atoms. The van der Waals surface area contributed by atoms with Gasteiger partial charge in [-0.25, -0.2) is 4.79 Å². The lowest BCUT2D eigenvalue weighted by molar-refractivity contribution is -0.385. The monoisotopic (exact) mass is 279 g/mol. The van der Waals surface area contributed by atoms with E-state index in [1.54, 1.807) is 0 Å². The van der Waals surface area contributed by atoms with E-state index in [0.717, 1.165) is 12.5 Å². The Bertz CT molecular complexity index is 522. The van der Waals surface area contributed by atoms with Gasteiger partial charge in [0.15, 0.2) is 5.75 Å². The number of carboxylic acids is 1. The number of nitrogens with zero attached hydrogens (tertiary/aromatic N) is 1. The van der Waals surface area contributed by atoms with Crippen LogP contribution in [0.5, 0.6) is 5.75 Å². The highest BCUT2D eigenvalue weighted by molar-refractivity contribution is 5.85. The van der Waals surface area contributed by atoms with Gasteiger partial charge in [0.1, 0.15) is 0 Å². The van der Waals surface area contributed by atoms with Gasteiger partial charge in [-0.3, -0.25) is 10.1 Å². The summed E-state index contributed by atoms with van der Waals surface area (Å²) in [5.41, 5.74) is 0.416. The number of hydrogen-bond acceptors (Lipinski definition) is 4. The Morgan fingerprint density at radius 1 is 1.50 bits per heavy atom. The minimum atomic E-state index is -1.08. The van der Waals surface area contributed by atoms with Crippen LogP contribution in [0.3, 0.4) is 0 Å². The fourth-order valence-corrected chi connectivity index (χ4v) is 1.47. The summed E-state index contributed by atoms with van der Waals surface area (Å²) in [5, 5.41) is 19.5. The molecule has 0 saturated carbocycles. The minimum Gasteiger partial charge on any atom is -0.487 e. The van der Waals surface area contributed by atoms with E-state index in [2.05, 4.69) is 0 Å². The summed E-state index contributed by atoms with van der Waals surface area (Å²) < 4.78 is 5.43. The number of hydrogen-bond donors (Lipinski definition) is 1. The third kappa shape index (κ3) is 5.09. The van der Waals surface area contributed by atoms with Gasteiger partial charge in [-0.15, -0.1) is 0 Å². The average molecular weight is 279 g/mol. The van der Waals surface area contributed by atoms with Crippen molar-refractivity contribution in [1.82, 2.24) is 0 Å². The lowest BCUT2D eigenvalue weighted by atomic mass is 10.1. The standard InChI is InChI=1S/C14H17NO5/c1-10(2)7-8-20-13-9-11(4-6-14(16)17)3-5-12(13)15(18)19/h3-6,9-10H,7-8H2,1-2H3,(H,16,17). The molecule has 0 aromatic heterocycles. The second kappa shape index (κ2) is 7.28. The van der Waals surface area contributed by atoms with Gasteiger partial charge in [-0.05, 0) is 36.1 Å². The van der Waals surface area contributed by atoms with Crippen molar-refractivity contribution in [2.45, 2.75) is 20.3 Å². The van der Waals surface area contributed by atoms with Crippen LogP contribution < -0.4 is 4.74 Å². The van der Waals surface area contributed by atoms with E-state index < -0.39 is 10.9 Å². The van der Waals surface area contributed by atoms with Crippen LogP contribution in [0.1, 0.15) is 25.8 Å². The van der Waals surface area contributed by atoms with Crippen molar-refractivity contribution in [2.75, 3.05) is 6.61 Å². The Labute approximate surface area is 116 Å². The van der Waals surface area contributed by atoms with E-state index >= 15 is 0 Å². The molecule has 0 radical (unpaired) electrons. The zero-order chi connectivity index (χ0) is 15.1. The summed E-state index contributed by atoms with van der Waals surface area (Å²) in [7, 11) is 0. The molecule has 0 aliphatic carbocycles. The van der Waals surface area contributed by atoms with Crippen LogP contribution in [0.2, 0.25) is 0 Å². The largest absolute Gasteiger partial charge is 0.487 e. The molecule has 0 heterocycles. The van der Waals surface area contributed by atoms with E-state index in [9.17, 15) is 14.9 Å². The maximum Gasteiger partial charge on any atom is 0.328 e. The molecule has 1 aromatic rings. The zero-order valence-corrected chi connectivity index (χ0v) is 11.4. The van der Waals surface area contributed by atoms with Crippen LogP contribution >= 0.6 is 0 Å². The van der Waals surface area contributed by atoms with Crippen molar-refractivity contribution in [2.24, 2.45) is 5.92 Å². The number of rotatable bonds is 7. The van der Waals surface area contributed by atoms with Crippen LogP contribution in [-0.2, 0) is 4.79 Å². The van der Waals surface area contributed by atoms with Gasteiger partial charge in [0.25, 0.3) is 0 Å². The highest BCUT2D eigenvalue weighted by atomic mass is 16.6. The van der Waals surface area contributed by atoms with E-state index in [-0.39, 0.29) is 11.4 Å². The quantitative estimate of drug-likeness (QED) is 0.470. The molecule has 0 saturated heterocycles. The molecule has 0 atom stereocenters. The SMILES string of the molecule is CC(C)CCOc1cc(C=CC(=O)O)ccc1[N+](=O)[O-]. The molecule has 108 valence electrons. The maximum atomic E-state index is 10.9. The Hall–Kier alpha value is -2.37. The molecule has 0 amide bonds. The molecule has 0 bridgehead atoms. The number of aliphatic carboxylic acids is 1. The molecule has 0 aliphatic rings. The Kier molecular flexibility index (Phi) is 5.71. The number of carbonyl (C=O) groups is 1. The number of ether oxygens (including phenoxy) is 1. The molecule has 0 unspecified atom stereocenters. The Morgan fingerprint density at radius 3 is 2.75 bits per heavy atom. The molecule has 0 fully saturated rings. The van der Waals surface area contributed by atoms with Crippen molar-refractivity contribution in [3.63, 3.8) is 0 Å². The molecule has 1 N–H and O–H groups in total. The Balaban J connectivity index is 2.93. The maximum absolute atomic E-state index is 10.9. The smallest absolute Gasteiger partial charge is 0.328 e. The van der Waals surface area contributed by atoms with E-state index in [0.29, 0.717) is 18.1 Å². The van der Waals surface area contributed by atoms with Crippen LogP contribution in [-0.4, -0.2) is 22.6 Å². The zero-order valence-electron chi connectivity index (χ0n) is 11.4. The van der Waals surface area contributed by atoms with Gasteiger partial charge in [-0.1, -0.05) is 13.8 Å². The van der Waals surface area contributed by atoms with Crippen molar-refractivity contribution in [3.05, 3.63) is 40.0 Å². The summed E-state index contributed by atoms with van der Waals surface area (Å²) in [4.78, 5) is 20.8. The summed E-state index contributed by atoms with van der Waals surface area (Å²) in [6.45, 7) is 4.44. The first-order valence-electron chi connectivity index (χ1n) is 6.22. The van der Waals surface area contributed by atoms with Crippen LogP contribution in [0, 0.1) is 16.0 Å². The van der Waals surface area contributed by atoms with Crippen molar-refractivity contribution in [1.29, 1.82) is 0 Å². The summed E-state index contributed by atoms with van der Waals surface area (Å²) >= 11 is 0. The van der Waals surface area contributed by atoms with Crippen molar-refractivity contribution in [3.8, 4) is 5.75 Å². The highest BCUT2D eigenvalue weighted by Gasteiger charge is 2.15. The van der Waals surface area contributed by atoms with Gasteiger partial charge in [0.05, 0.1) is 11.5 Å². The van der Waals surface area contributed by atoms with E-state index in [4.69, 9.17) is 9.84 Å². The molecular weight excluding hydrogens is 262 g/mol. The number of nitro benzene ring substituents is 1. The number of nitro groups is 1. The summed E-state index contributed by atoms with van der Waals surface area (Å²) in [6.07, 6.45) is 3.12. The minimum absolute atomic E-state index is 0.124. The van der Waals surface area contributed by atoms with E-state index in [1.807, 2.05) is 13.8 Å². The first-order valence-corrected chi connectivity index (χ1v) is 6.22. The first-order chi connectivity index (χ1) is 9.40. The summed E-state index contributed by atoms with van der Waals surface area (Å²) in [6, 6.07) is 4.26. The molecule has 1 aromatic carbocycles. The first kappa shape index (κ1) is 15.7. The predicted molar refractivity (Wildman–Crippen MR) is 74.7 cm³/mol. The van der Waals surface area contributed by atoms with Gasteiger partial charge in [0, 0.05) is 12.1 Å². The second-order valence-electron chi connectivity index (χ2n) is 4.69. The van der Waals surface area contributed by atoms with E-state index in [1.165, 1.54) is 24.3 Å². The third-order valence-electron chi connectivity index (χ3n) is 2.55. The lowest BCUT2D eigenvalue weighted by Crippen LogP contribution is -2.03. The van der Waals surface area contributed by atoms with Crippen LogP contribution in [0.4, 0.5) is 5.69 Å². The van der Waals surface area contributed by atoms with Crippen molar-refractivity contribution < 1.29 is 19.6 Å². The predicted octanol–water partition coefficient (Wildman–Crippen LogP) is 3.12. The van der Waals surface area contributed by atoms with Gasteiger partial charge in [0.2, 0.25) is 0 Å². The second-order valence-corrected chi connectivity index (χ2v) is 4.69. The fraction of sp³-hybridized carbons (Fsp3) is 0.357. The molecule has 20 heavy (non-hydrogen) atoms. The third-order valence-corrected chi connectivity index (χ3v) is 2.55. The average Bonchev–Trinajstić information content (AvgIpc) is 2.35.